The third-order valence-corrected chi connectivity index (χ3v) is 5.54. The van der Waals surface area contributed by atoms with E-state index >= 15 is 0 Å². The number of nitrogens with one attached hydrogen (secondary N) is 1. The third-order valence-electron chi connectivity index (χ3n) is 5.19. The monoisotopic (exact) mass is 407 g/mol. The van der Waals surface area contributed by atoms with Crippen LogP contribution in [0.5, 0.6) is 0 Å². The second-order valence-corrected chi connectivity index (χ2v) is 7.48. The van der Waals surface area contributed by atoms with Gasteiger partial charge in [0.25, 0.3) is 0 Å². The quantitative estimate of drug-likeness (QED) is 0.457. The van der Waals surface area contributed by atoms with Crippen LogP contribution in [0.15, 0.2) is 67.3 Å². The van der Waals surface area contributed by atoms with E-state index in [9.17, 15) is 0 Å². The highest BCUT2D eigenvalue weighted by molar-refractivity contribution is 7.80. The molecule has 0 aliphatic carbocycles. The van der Waals surface area contributed by atoms with Gasteiger partial charge < -0.3 is 19.5 Å². The Morgan fingerprint density at radius 3 is 2.83 bits per heavy atom. The zero-order valence-electron chi connectivity index (χ0n) is 16.4. The number of hydrogen-bond acceptors (Lipinski definition) is 4. The molecule has 0 saturated carbocycles. The van der Waals surface area contributed by atoms with Crippen molar-refractivity contribution in [2.75, 3.05) is 20.3 Å². The van der Waals surface area contributed by atoms with Gasteiger partial charge in [0.1, 0.15) is 0 Å². The van der Waals surface area contributed by atoms with E-state index in [-0.39, 0.29) is 12.1 Å². The zero-order valence-corrected chi connectivity index (χ0v) is 17.3. The number of ether oxygens (including phenoxy) is 1. The minimum absolute atomic E-state index is 0.00575. The molecule has 0 unspecified atom stereocenters. The molecule has 0 radical (unpaired) electrons. The summed E-state index contributed by atoms with van der Waals surface area (Å²) in [5, 5.41) is 4.27. The molecule has 0 aromatic carbocycles. The van der Waals surface area contributed by atoms with Crippen LogP contribution >= 0.6 is 12.2 Å². The average Bonchev–Trinajstić information content (AvgIpc) is 3.33. The summed E-state index contributed by atoms with van der Waals surface area (Å²) in [4.78, 5) is 11.1. The van der Waals surface area contributed by atoms with Gasteiger partial charge in [-0.25, -0.2) is 0 Å². The molecule has 150 valence electrons. The number of pyridine rings is 2. The first kappa shape index (κ1) is 19.5. The average molecular weight is 408 g/mol. The predicted molar refractivity (Wildman–Crippen MR) is 116 cm³/mol. The first-order valence-electron chi connectivity index (χ1n) is 9.79. The number of thiocarbonyl (C=S) groups is 1. The van der Waals surface area contributed by atoms with Crippen molar-refractivity contribution in [1.82, 2.24) is 24.8 Å². The highest BCUT2D eigenvalue weighted by Crippen LogP contribution is 2.38. The largest absolute Gasteiger partial charge is 0.385 e. The van der Waals surface area contributed by atoms with Crippen molar-refractivity contribution in [2.45, 2.75) is 25.0 Å². The first-order chi connectivity index (χ1) is 14.3. The molecule has 3 aromatic rings. The topological polar surface area (TPSA) is 55.2 Å². The van der Waals surface area contributed by atoms with Gasteiger partial charge in [-0.3, -0.25) is 9.97 Å². The number of rotatable bonds is 8. The Balaban J connectivity index is 1.68. The highest BCUT2D eigenvalue weighted by atomic mass is 32.1. The molecule has 1 aliphatic rings. The molecule has 3 aromatic heterocycles. The van der Waals surface area contributed by atoms with E-state index < -0.39 is 0 Å². The van der Waals surface area contributed by atoms with Crippen LogP contribution in [-0.2, 0) is 11.3 Å². The van der Waals surface area contributed by atoms with Crippen LogP contribution in [0.25, 0.3) is 0 Å². The van der Waals surface area contributed by atoms with E-state index in [2.05, 4.69) is 55.2 Å². The van der Waals surface area contributed by atoms with E-state index in [1.165, 1.54) is 11.3 Å². The van der Waals surface area contributed by atoms with Crippen molar-refractivity contribution in [3.63, 3.8) is 0 Å². The maximum atomic E-state index is 5.72. The molecule has 0 spiro atoms. The van der Waals surface area contributed by atoms with Gasteiger partial charge in [0.05, 0.1) is 17.8 Å². The Labute approximate surface area is 176 Å². The molecule has 1 saturated heterocycles. The van der Waals surface area contributed by atoms with Crippen molar-refractivity contribution < 1.29 is 4.74 Å². The van der Waals surface area contributed by atoms with Gasteiger partial charge in [-0.05, 0) is 54.5 Å². The molecule has 7 heteroatoms. The number of nitrogens with zero attached hydrogens (tertiary/aromatic N) is 4. The van der Waals surface area contributed by atoms with E-state index in [1.807, 2.05) is 30.6 Å². The Hall–Kier alpha value is -2.77. The summed E-state index contributed by atoms with van der Waals surface area (Å²) in [6.07, 6.45) is 8.57. The van der Waals surface area contributed by atoms with Crippen molar-refractivity contribution in [3.8, 4) is 0 Å². The van der Waals surface area contributed by atoms with Crippen LogP contribution < -0.4 is 5.32 Å². The molecule has 4 heterocycles. The minimum atomic E-state index is -0.00575. The maximum absolute atomic E-state index is 5.72. The molecule has 2 atom stereocenters. The molecular weight excluding hydrogens is 382 g/mol. The standard InChI is InChI=1S/C22H25N5OS/c1-28-14-6-13-27-21(20(25-22(27)29)18-8-2-3-11-24-18)19-9-5-12-26(19)16-17-7-4-10-23-15-17/h2-5,7-12,15,20-21H,6,13-14,16H2,1H3,(H,25,29)/t20-,21+/m0/s1. The van der Waals surface area contributed by atoms with Gasteiger partial charge in [0, 0.05) is 57.3 Å². The highest BCUT2D eigenvalue weighted by Gasteiger charge is 2.40. The second-order valence-electron chi connectivity index (χ2n) is 7.09. The normalized spacial score (nSPS) is 18.8. The van der Waals surface area contributed by atoms with Gasteiger partial charge >= 0.3 is 0 Å². The van der Waals surface area contributed by atoms with Crippen LogP contribution in [0.4, 0.5) is 0 Å². The van der Waals surface area contributed by atoms with Crippen molar-refractivity contribution in [1.29, 1.82) is 0 Å². The van der Waals surface area contributed by atoms with Crippen molar-refractivity contribution in [3.05, 3.63) is 84.2 Å². The Kier molecular flexibility index (Phi) is 6.17. The third kappa shape index (κ3) is 4.31. The lowest BCUT2D eigenvalue weighted by molar-refractivity contribution is 0.179. The molecular formula is C22H25N5OS. The van der Waals surface area contributed by atoms with Crippen LogP contribution in [0.3, 0.4) is 0 Å². The Bertz CT molecular complexity index is 931. The van der Waals surface area contributed by atoms with Crippen molar-refractivity contribution >= 4 is 17.3 Å². The summed E-state index contributed by atoms with van der Waals surface area (Å²) in [6.45, 7) is 2.29. The van der Waals surface area contributed by atoms with Gasteiger partial charge in [-0.15, -0.1) is 0 Å². The lowest BCUT2D eigenvalue weighted by atomic mass is 10.0. The molecule has 1 aliphatic heterocycles. The fraction of sp³-hybridized carbons (Fsp3) is 0.318. The van der Waals surface area contributed by atoms with E-state index in [1.54, 1.807) is 13.3 Å². The molecule has 6 nitrogen and oxygen atoms in total. The van der Waals surface area contributed by atoms with Crippen LogP contribution in [0.1, 0.15) is 35.5 Å². The van der Waals surface area contributed by atoms with Gasteiger partial charge in [0.15, 0.2) is 5.11 Å². The molecule has 0 amide bonds. The summed E-state index contributed by atoms with van der Waals surface area (Å²) in [5.41, 5.74) is 3.36. The van der Waals surface area contributed by atoms with Gasteiger partial charge in [0.2, 0.25) is 0 Å². The molecule has 4 rings (SSSR count). The maximum Gasteiger partial charge on any atom is 0.170 e. The summed E-state index contributed by atoms with van der Waals surface area (Å²) in [6, 6.07) is 14.4. The first-order valence-corrected chi connectivity index (χ1v) is 10.2. The molecule has 1 N–H and O–H groups in total. The fourth-order valence-corrected chi connectivity index (χ4v) is 4.21. The van der Waals surface area contributed by atoms with Crippen LogP contribution in [0.2, 0.25) is 0 Å². The second kappa shape index (κ2) is 9.15. The smallest absolute Gasteiger partial charge is 0.170 e. The van der Waals surface area contributed by atoms with Gasteiger partial charge in [-0.2, -0.15) is 0 Å². The van der Waals surface area contributed by atoms with E-state index in [4.69, 9.17) is 17.0 Å². The lowest BCUT2D eigenvalue weighted by Gasteiger charge is -2.29. The Morgan fingerprint density at radius 1 is 1.14 bits per heavy atom. The summed E-state index contributed by atoms with van der Waals surface area (Å²) >= 11 is 5.72. The predicted octanol–water partition coefficient (Wildman–Crippen LogP) is 3.34. The van der Waals surface area contributed by atoms with E-state index in [0.29, 0.717) is 6.61 Å². The van der Waals surface area contributed by atoms with Crippen molar-refractivity contribution in [2.24, 2.45) is 0 Å². The SMILES string of the molecule is COCCCN1C(=S)N[C@@H](c2ccccn2)[C@H]1c1cccn1Cc1cccnc1. The van der Waals surface area contributed by atoms with Gasteiger partial charge in [-0.1, -0.05) is 12.1 Å². The molecule has 0 bridgehead atoms. The Morgan fingerprint density at radius 2 is 2.07 bits per heavy atom. The summed E-state index contributed by atoms with van der Waals surface area (Å²) in [5.74, 6) is 0. The van der Waals surface area contributed by atoms with E-state index in [0.717, 1.165) is 30.3 Å². The summed E-state index contributed by atoms with van der Waals surface area (Å²) in [7, 11) is 1.73. The molecule has 1 fully saturated rings. The fourth-order valence-electron chi connectivity index (χ4n) is 3.88. The summed E-state index contributed by atoms with van der Waals surface area (Å²) < 4.78 is 7.54. The number of hydrogen-bond donors (Lipinski definition) is 1. The zero-order chi connectivity index (χ0) is 20.1. The minimum Gasteiger partial charge on any atom is -0.385 e. The van der Waals surface area contributed by atoms with Crippen LogP contribution in [0, 0.1) is 0 Å². The van der Waals surface area contributed by atoms with Crippen LogP contribution in [-0.4, -0.2) is 44.8 Å². The molecule has 29 heavy (non-hydrogen) atoms. The lowest BCUT2D eigenvalue weighted by Crippen LogP contribution is -2.32. The number of methoxy groups -OCH3 is 1. The number of aromatic nitrogens is 3.